The predicted octanol–water partition coefficient (Wildman–Crippen LogP) is 4.95. The molecule has 0 aliphatic heterocycles. The average molecular weight is 350 g/mol. The molecule has 3 N–H and O–H groups in total. The first-order valence-corrected chi connectivity index (χ1v) is 10.00. The van der Waals surface area contributed by atoms with E-state index in [-0.39, 0.29) is 6.61 Å². The number of ether oxygens (including phenoxy) is 1. The maximum Gasteiger partial charge on any atom is 0.119 e. The third-order valence-corrected chi connectivity index (χ3v) is 5.21. The minimum absolute atomic E-state index is 0.0417. The van der Waals surface area contributed by atoms with Gasteiger partial charge in [0.15, 0.2) is 0 Å². The SMILES string of the molecule is CC[C@@](N)(CO)CCc1ccc(OCCC(C)CCCC(C)C)cc1. The Morgan fingerprint density at radius 3 is 2.32 bits per heavy atom. The monoisotopic (exact) mass is 349 g/mol. The van der Waals surface area contributed by atoms with Gasteiger partial charge in [0.05, 0.1) is 13.2 Å². The minimum atomic E-state index is -0.457. The van der Waals surface area contributed by atoms with Crippen LogP contribution >= 0.6 is 0 Å². The zero-order chi connectivity index (χ0) is 18.7. The van der Waals surface area contributed by atoms with Gasteiger partial charge in [-0.2, -0.15) is 0 Å². The van der Waals surface area contributed by atoms with Gasteiger partial charge in [-0.25, -0.2) is 0 Å². The van der Waals surface area contributed by atoms with E-state index in [0.717, 1.165) is 49.9 Å². The number of rotatable bonds is 13. The second-order valence-corrected chi connectivity index (χ2v) is 8.09. The molecule has 0 heterocycles. The standard InChI is InChI=1S/C22H39NO2/c1-5-22(23,17-24)15-13-20-9-11-21(12-10-20)25-16-14-19(4)8-6-7-18(2)3/h9-12,18-19,24H,5-8,13-17,23H2,1-4H3/t19?,22-/m0/s1. The number of aliphatic hydroxyl groups is 1. The second-order valence-electron chi connectivity index (χ2n) is 8.09. The fourth-order valence-corrected chi connectivity index (χ4v) is 2.91. The summed E-state index contributed by atoms with van der Waals surface area (Å²) in [6.07, 6.45) is 7.53. The van der Waals surface area contributed by atoms with Crippen molar-refractivity contribution in [1.82, 2.24) is 0 Å². The van der Waals surface area contributed by atoms with Gasteiger partial charge >= 0.3 is 0 Å². The molecule has 144 valence electrons. The van der Waals surface area contributed by atoms with Crippen molar-refractivity contribution in [2.24, 2.45) is 17.6 Å². The lowest BCUT2D eigenvalue weighted by Gasteiger charge is -2.25. The molecule has 1 rings (SSSR count). The van der Waals surface area contributed by atoms with Crippen molar-refractivity contribution in [1.29, 1.82) is 0 Å². The van der Waals surface area contributed by atoms with Crippen molar-refractivity contribution in [3.8, 4) is 5.75 Å². The Hall–Kier alpha value is -1.06. The summed E-state index contributed by atoms with van der Waals surface area (Å²) in [6.45, 7) is 9.75. The molecule has 0 bridgehead atoms. The van der Waals surface area contributed by atoms with Gasteiger partial charge < -0.3 is 15.6 Å². The molecule has 0 aliphatic carbocycles. The summed E-state index contributed by atoms with van der Waals surface area (Å²) in [6, 6.07) is 8.30. The first kappa shape index (κ1) is 22.0. The highest BCUT2D eigenvalue weighted by molar-refractivity contribution is 5.27. The topological polar surface area (TPSA) is 55.5 Å². The molecular weight excluding hydrogens is 310 g/mol. The molecular formula is C22H39NO2. The molecule has 25 heavy (non-hydrogen) atoms. The van der Waals surface area contributed by atoms with Gasteiger partial charge in [0, 0.05) is 5.54 Å². The molecule has 3 nitrogen and oxygen atoms in total. The van der Waals surface area contributed by atoms with Crippen molar-refractivity contribution in [3.63, 3.8) is 0 Å². The molecule has 0 saturated carbocycles. The molecule has 1 unspecified atom stereocenters. The molecule has 0 radical (unpaired) electrons. The fraction of sp³-hybridized carbons (Fsp3) is 0.727. The Morgan fingerprint density at radius 1 is 1.08 bits per heavy atom. The smallest absolute Gasteiger partial charge is 0.119 e. The Labute approximate surface area is 155 Å². The van der Waals surface area contributed by atoms with Crippen LogP contribution in [0.1, 0.15) is 71.8 Å². The predicted molar refractivity (Wildman–Crippen MR) is 107 cm³/mol. The van der Waals surface area contributed by atoms with Crippen LogP contribution in [0, 0.1) is 11.8 Å². The molecule has 1 aromatic carbocycles. The van der Waals surface area contributed by atoms with Crippen LogP contribution in [0.25, 0.3) is 0 Å². The molecule has 0 amide bonds. The molecule has 0 saturated heterocycles. The van der Waals surface area contributed by atoms with Crippen LogP contribution in [0.3, 0.4) is 0 Å². The molecule has 3 heteroatoms. The molecule has 0 aliphatic rings. The highest BCUT2D eigenvalue weighted by atomic mass is 16.5. The van der Waals surface area contributed by atoms with Crippen molar-refractivity contribution in [2.75, 3.05) is 13.2 Å². The summed E-state index contributed by atoms with van der Waals surface area (Å²) in [4.78, 5) is 0. The van der Waals surface area contributed by atoms with Crippen LogP contribution in [-0.4, -0.2) is 23.9 Å². The van der Waals surface area contributed by atoms with E-state index >= 15 is 0 Å². The number of aryl methyl sites for hydroxylation is 1. The Bertz CT molecular complexity index is 452. The summed E-state index contributed by atoms with van der Waals surface area (Å²) in [7, 11) is 0. The Balaban J connectivity index is 2.28. The average Bonchev–Trinajstić information content (AvgIpc) is 2.60. The van der Waals surface area contributed by atoms with Gasteiger partial charge in [0.1, 0.15) is 5.75 Å². The lowest BCUT2D eigenvalue weighted by atomic mass is 9.90. The normalized spacial score (nSPS) is 15.2. The largest absolute Gasteiger partial charge is 0.494 e. The van der Waals surface area contributed by atoms with Crippen molar-refractivity contribution in [2.45, 2.75) is 78.2 Å². The van der Waals surface area contributed by atoms with Gasteiger partial charge in [-0.3, -0.25) is 0 Å². The number of nitrogens with two attached hydrogens (primary N) is 1. The molecule has 0 aromatic heterocycles. The van der Waals surface area contributed by atoms with E-state index in [1.54, 1.807) is 0 Å². The minimum Gasteiger partial charge on any atom is -0.494 e. The number of aliphatic hydroxyl groups excluding tert-OH is 1. The van der Waals surface area contributed by atoms with E-state index < -0.39 is 5.54 Å². The first-order chi connectivity index (χ1) is 11.9. The summed E-state index contributed by atoms with van der Waals surface area (Å²) in [5.41, 5.74) is 6.93. The van der Waals surface area contributed by atoms with Crippen LogP contribution in [0.4, 0.5) is 0 Å². The molecule has 2 atom stereocenters. The third kappa shape index (κ3) is 9.27. The highest BCUT2D eigenvalue weighted by Gasteiger charge is 2.20. The lowest BCUT2D eigenvalue weighted by Crippen LogP contribution is -2.43. The van der Waals surface area contributed by atoms with E-state index in [9.17, 15) is 5.11 Å². The van der Waals surface area contributed by atoms with Gasteiger partial charge in [-0.05, 0) is 55.2 Å². The second kappa shape index (κ2) is 11.5. The summed E-state index contributed by atoms with van der Waals surface area (Å²) < 4.78 is 5.88. The number of hydrogen-bond acceptors (Lipinski definition) is 3. The van der Waals surface area contributed by atoms with Crippen LogP contribution in [-0.2, 0) is 6.42 Å². The first-order valence-electron chi connectivity index (χ1n) is 10.00. The van der Waals surface area contributed by atoms with E-state index in [4.69, 9.17) is 10.5 Å². The summed E-state index contributed by atoms with van der Waals surface area (Å²) >= 11 is 0. The quantitative estimate of drug-likeness (QED) is 0.530. The Morgan fingerprint density at radius 2 is 1.76 bits per heavy atom. The zero-order valence-electron chi connectivity index (χ0n) is 16.8. The van der Waals surface area contributed by atoms with Gasteiger partial charge in [-0.1, -0.05) is 59.1 Å². The number of benzene rings is 1. The fourth-order valence-electron chi connectivity index (χ4n) is 2.91. The van der Waals surface area contributed by atoms with Crippen molar-refractivity contribution in [3.05, 3.63) is 29.8 Å². The van der Waals surface area contributed by atoms with E-state index in [1.165, 1.54) is 24.8 Å². The van der Waals surface area contributed by atoms with Gasteiger partial charge in [-0.15, -0.1) is 0 Å². The summed E-state index contributed by atoms with van der Waals surface area (Å²) in [5.74, 6) is 2.47. The maximum absolute atomic E-state index is 9.39. The van der Waals surface area contributed by atoms with Crippen molar-refractivity contribution < 1.29 is 9.84 Å². The van der Waals surface area contributed by atoms with E-state index in [0.29, 0.717) is 0 Å². The molecule has 0 fully saturated rings. The number of hydrogen-bond donors (Lipinski definition) is 2. The van der Waals surface area contributed by atoms with Crippen LogP contribution < -0.4 is 10.5 Å². The highest BCUT2D eigenvalue weighted by Crippen LogP contribution is 2.19. The zero-order valence-corrected chi connectivity index (χ0v) is 16.8. The van der Waals surface area contributed by atoms with Gasteiger partial charge in [0.25, 0.3) is 0 Å². The maximum atomic E-state index is 9.39. The van der Waals surface area contributed by atoms with E-state index in [2.05, 4.69) is 32.9 Å². The Kier molecular flexibility index (Phi) is 10.1. The van der Waals surface area contributed by atoms with Crippen molar-refractivity contribution >= 4 is 0 Å². The lowest BCUT2D eigenvalue weighted by molar-refractivity contribution is 0.183. The van der Waals surface area contributed by atoms with Crippen LogP contribution in [0.2, 0.25) is 0 Å². The van der Waals surface area contributed by atoms with Crippen LogP contribution in [0.5, 0.6) is 5.75 Å². The summed E-state index contributed by atoms with van der Waals surface area (Å²) in [5, 5.41) is 9.39. The third-order valence-electron chi connectivity index (χ3n) is 5.21. The van der Waals surface area contributed by atoms with E-state index in [1.807, 2.05) is 19.1 Å². The molecule has 0 spiro atoms. The molecule has 1 aromatic rings. The van der Waals surface area contributed by atoms with Gasteiger partial charge in [0.2, 0.25) is 0 Å². The van der Waals surface area contributed by atoms with Crippen LogP contribution in [0.15, 0.2) is 24.3 Å².